The fraction of sp³-hybridized carbons (Fsp3) is 0.222. The van der Waals surface area contributed by atoms with Gasteiger partial charge in [-0.1, -0.05) is 13.8 Å². The molecular weight excluding hydrogens is 777 g/mol. The van der Waals surface area contributed by atoms with E-state index >= 15 is 0 Å². The van der Waals surface area contributed by atoms with E-state index in [4.69, 9.17) is 37.3 Å². The van der Waals surface area contributed by atoms with Gasteiger partial charge in [-0.25, -0.2) is 0 Å². The number of Topliss-reactive ketones (excluding diaryl/α,β-unsaturated/α-hetero) is 1. The van der Waals surface area contributed by atoms with Gasteiger partial charge in [-0.05, 0) is 60.7 Å². The number of fused-ring (bicyclic) bond motifs is 2. The Balaban J connectivity index is 1.03. The number of furan rings is 2. The van der Waals surface area contributed by atoms with Gasteiger partial charge in [0.1, 0.15) is 28.3 Å². The summed E-state index contributed by atoms with van der Waals surface area (Å²) < 4.78 is 46.1. The van der Waals surface area contributed by atoms with Crippen LogP contribution in [0, 0.1) is 0 Å². The number of hydrogen-bond acceptors (Lipinski definition) is 13. The van der Waals surface area contributed by atoms with E-state index in [2.05, 4.69) is 9.97 Å². The van der Waals surface area contributed by atoms with Crippen LogP contribution in [0.25, 0.3) is 65.7 Å². The van der Waals surface area contributed by atoms with Crippen molar-refractivity contribution >= 4 is 50.7 Å². The third-order valence-electron chi connectivity index (χ3n) is 10.2. The number of methoxy groups -OCH3 is 6. The Hall–Kier alpha value is -6.31. The van der Waals surface area contributed by atoms with Crippen LogP contribution in [-0.2, 0) is 4.79 Å². The second-order valence-corrected chi connectivity index (χ2v) is 15.7. The van der Waals surface area contributed by atoms with Crippen LogP contribution in [0.1, 0.15) is 35.4 Å². The topological polar surface area (TPSA) is 125 Å². The standard InChI is InChI=1S/C45H40N2O9S2/c1-23(37-9-11-39(57-37)27-13-15-46-29-21-31(55-42(27)29)25-17-33(49-3)44(53-7)34(18-25)50-4)41(48)24(2)38-10-12-40(58-38)28-14-16-47-30-22-32(56-43(28)30)26-19-35(51-5)45(54-8)36(20-26)52-6/h9-24H,1-8H3. The first kappa shape index (κ1) is 38.6. The number of aromatic nitrogens is 2. The number of benzene rings is 2. The lowest BCUT2D eigenvalue weighted by Gasteiger charge is -2.14. The normalized spacial score (nSPS) is 12.4. The van der Waals surface area contributed by atoms with E-state index in [1.54, 1.807) is 77.7 Å². The molecule has 0 radical (unpaired) electrons. The predicted octanol–water partition coefficient (Wildman–Crippen LogP) is 11.3. The minimum atomic E-state index is -0.332. The van der Waals surface area contributed by atoms with Gasteiger partial charge in [-0.3, -0.25) is 14.8 Å². The van der Waals surface area contributed by atoms with Gasteiger partial charge < -0.3 is 37.3 Å². The molecule has 2 atom stereocenters. The SMILES string of the molecule is COc1cc(-c2cc3nccc(-c4ccc(C(C)C(=O)C(C)c5ccc(-c6ccnc7cc(-c8cc(OC)c(OC)c(OC)c8)oc67)s5)s4)c3o2)cc(OC)c1OC. The number of hydrogen-bond donors (Lipinski definition) is 0. The van der Waals surface area contributed by atoms with Gasteiger partial charge in [0, 0.05) is 78.1 Å². The van der Waals surface area contributed by atoms with Gasteiger partial charge in [0.05, 0.1) is 42.7 Å². The highest BCUT2D eigenvalue weighted by atomic mass is 32.1. The molecule has 8 rings (SSSR count). The van der Waals surface area contributed by atoms with Gasteiger partial charge >= 0.3 is 0 Å². The molecule has 2 aromatic carbocycles. The molecule has 0 N–H and O–H groups in total. The molecule has 0 bridgehead atoms. The van der Waals surface area contributed by atoms with E-state index in [1.807, 2.05) is 86.6 Å². The van der Waals surface area contributed by atoms with E-state index in [1.165, 1.54) is 0 Å². The maximum Gasteiger partial charge on any atom is 0.203 e. The second-order valence-electron chi connectivity index (χ2n) is 13.4. The van der Waals surface area contributed by atoms with Crippen LogP contribution in [0.2, 0.25) is 0 Å². The summed E-state index contributed by atoms with van der Waals surface area (Å²) in [5, 5.41) is 0. The zero-order valence-electron chi connectivity index (χ0n) is 33.1. The fourth-order valence-corrected chi connectivity index (χ4v) is 9.29. The Morgan fingerprint density at radius 3 is 1.26 bits per heavy atom. The van der Waals surface area contributed by atoms with E-state index in [0.717, 1.165) is 41.8 Å². The summed E-state index contributed by atoms with van der Waals surface area (Å²) in [5.74, 6) is 3.78. The molecule has 58 heavy (non-hydrogen) atoms. The molecule has 8 aromatic rings. The van der Waals surface area contributed by atoms with Crippen molar-refractivity contribution in [2.45, 2.75) is 25.7 Å². The number of thiophene rings is 2. The van der Waals surface area contributed by atoms with Crippen molar-refractivity contribution in [2.24, 2.45) is 0 Å². The van der Waals surface area contributed by atoms with Crippen molar-refractivity contribution < 1.29 is 42.1 Å². The molecule has 0 aliphatic rings. The lowest BCUT2D eigenvalue weighted by Crippen LogP contribution is -2.14. The van der Waals surface area contributed by atoms with E-state index in [-0.39, 0.29) is 17.6 Å². The molecule has 0 spiro atoms. The molecule has 6 aromatic heterocycles. The third kappa shape index (κ3) is 6.79. The highest BCUT2D eigenvalue weighted by molar-refractivity contribution is 7.16. The molecule has 2 unspecified atom stereocenters. The summed E-state index contributed by atoms with van der Waals surface area (Å²) >= 11 is 3.16. The van der Waals surface area contributed by atoms with Crippen molar-refractivity contribution in [1.82, 2.24) is 9.97 Å². The Morgan fingerprint density at radius 2 is 0.914 bits per heavy atom. The molecule has 0 amide bonds. The van der Waals surface area contributed by atoms with E-state index in [0.29, 0.717) is 68.2 Å². The molecular formula is C45H40N2O9S2. The van der Waals surface area contributed by atoms with Crippen molar-refractivity contribution in [2.75, 3.05) is 42.7 Å². The maximum absolute atomic E-state index is 14.1. The first-order valence-corrected chi connectivity index (χ1v) is 19.9. The van der Waals surface area contributed by atoms with E-state index < -0.39 is 0 Å². The zero-order chi connectivity index (χ0) is 40.7. The Labute approximate surface area is 342 Å². The van der Waals surface area contributed by atoms with Crippen LogP contribution >= 0.6 is 22.7 Å². The van der Waals surface area contributed by atoms with Gasteiger partial charge in [0.25, 0.3) is 0 Å². The third-order valence-corrected chi connectivity index (χ3v) is 12.8. The maximum atomic E-state index is 14.1. The van der Waals surface area contributed by atoms with Gasteiger partial charge in [0.2, 0.25) is 11.5 Å². The first-order chi connectivity index (χ1) is 28.2. The summed E-state index contributed by atoms with van der Waals surface area (Å²) in [5.41, 5.74) is 6.02. The van der Waals surface area contributed by atoms with Gasteiger partial charge in [-0.2, -0.15) is 0 Å². The quantitative estimate of drug-likeness (QED) is 0.104. The summed E-state index contributed by atoms with van der Waals surface area (Å²) in [6, 6.07) is 23.2. The molecule has 0 saturated carbocycles. The molecule has 6 heterocycles. The molecule has 0 aliphatic heterocycles. The predicted molar refractivity (Wildman–Crippen MR) is 227 cm³/mol. The lowest BCUT2D eigenvalue weighted by atomic mass is 9.93. The summed E-state index contributed by atoms with van der Waals surface area (Å²) in [4.78, 5) is 27.1. The van der Waals surface area contributed by atoms with Gasteiger partial charge in [-0.15, -0.1) is 22.7 Å². The number of rotatable bonds is 14. The van der Waals surface area contributed by atoms with E-state index in [9.17, 15) is 4.79 Å². The molecule has 11 nitrogen and oxygen atoms in total. The van der Waals surface area contributed by atoms with Crippen LogP contribution in [-0.4, -0.2) is 58.4 Å². The number of carbonyl (C=O) groups is 1. The minimum Gasteiger partial charge on any atom is -0.493 e. The monoisotopic (exact) mass is 816 g/mol. The first-order valence-electron chi connectivity index (χ1n) is 18.3. The van der Waals surface area contributed by atoms with Crippen molar-refractivity contribution in [3.8, 4) is 78.0 Å². The van der Waals surface area contributed by atoms with Gasteiger partial charge in [0.15, 0.2) is 34.2 Å². The minimum absolute atomic E-state index is 0.131. The molecule has 13 heteroatoms. The van der Waals surface area contributed by atoms with Crippen molar-refractivity contribution in [1.29, 1.82) is 0 Å². The number of pyridine rings is 2. The Morgan fingerprint density at radius 1 is 0.534 bits per heavy atom. The molecule has 0 aliphatic carbocycles. The summed E-state index contributed by atoms with van der Waals surface area (Å²) in [6.07, 6.45) is 3.54. The average molecular weight is 817 g/mol. The molecule has 0 fully saturated rings. The van der Waals surface area contributed by atoms with Crippen molar-refractivity contribution in [3.63, 3.8) is 0 Å². The Kier molecular flexibility index (Phi) is 10.6. The highest BCUT2D eigenvalue weighted by Crippen LogP contribution is 2.46. The van der Waals surface area contributed by atoms with Crippen LogP contribution in [0.4, 0.5) is 0 Å². The average Bonchev–Trinajstić information content (AvgIpc) is 4.10. The number of carbonyl (C=O) groups excluding carboxylic acids is 1. The second kappa shape index (κ2) is 15.9. The fourth-order valence-electron chi connectivity index (χ4n) is 7.11. The lowest BCUT2D eigenvalue weighted by molar-refractivity contribution is -0.121. The highest BCUT2D eigenvalue weighted by Gasteiger charge is 2.27. The smallest absolute Gasteiger partial charge is 0.203 e. The van der Waals surface area contributed by atoms with Crippen LogP contribution in [0.5, 0.6) is 34.5 Å². The number of ketones is 1. The number of ether oxygens (including phenoxy) is 6. The summed E-state index contributed by atoms with van der Waals surface area (Å²) in [7, 11) is 9.45. The molecule has 296 valence electrons. The van der Waals surface area contributed by atoms with Crippen LogP contribution < -0.4 is 28.4 Å². The largest absolute Gasteiger partial charge is 0.493 e. The van der Waals surface area contributed by atoms with Crippen LogP contribution in [0.15, 0.2) is 94.0 Å². The van der Waals surface area contributed by atoms with Crippen LogP contribution in [0.3, 0.4) is 0 Å². The Bertz CT molecular complexity index is 2560. The molecule has 0 saturated heterocycles. The summed E-state index contributed by atoms with van der Waals surface area (Å²) in [6.45, 7) is 3.95. The number of nitrogens with zero attached hydrogens (tertiary/aromatic N) is 2. The van der Waals surface area contributed by atoms with Crippen molar-refractivity contribution in [3.05, 3.63) is 94.9 Å². The zero-order valence-corrected chi connectivity index (χ0v) is 34.8.